The predicted molar refractivity (Wildman–Crippen MR) is 97.0 cm³/mol. The van der Waals surface area contributed by atoms with Gasteiger partial charge in [0.1, 0.15) is 11.3 Å². The molecule has 0 bridgehead atoms. The maximum absolute atomic E-state index is 13.1. The smallest absolute Gasteiger partial charge is 0.259 e. The average molecular weight is 340 g/mol. The standard InChI is InChI=1S/C20H24N2O3/c1-14-11-19(23)17(13-21(14)2)20(24)22-10-5-4-9-18(22)15-7-6-8-16(12-15)25-3/h6-8,11-13,18H,4-5,9-10H2,1-3H3/t18-/m0/s1. The van der Waals surface area contributed by atoms with E-state index in [1.807, 2.05) is 47.7 Å². The van der Waals surface area contributed by atoms with Crippen LogP contribution in [-0.4, -0.2) is 29.0 Å². The minimum absolute atomic E-state index is 0.0256. The molecule has 5 heteroatoms. The van der Waals surface area contributed by atoms with Crippen molar-refractivity contribution in [2.75, 3.05) is 13.7 Å². The van der Waals surface area contributed by atoms with Gasteiger partial charge < -0.3 is 14.2 Å². The fourth-order valence-corrected chi connectivity index (χ4v) is 3.41. The molecule has 2 heterocycles. The van der Waals surface area contributed by atoms with Gasteiger partial charge in [-0.25, -0.2) is 0 Å². The highest BCUT2D eigenvalue weighted by Gasteiger charge is 2.30. The number of nitrogens with zero attached hydrogens (tertiary/aromatic N) is 2. The number of pyridine rings is 1. The molecule has 1 amide bonds. The summed E-state index contributed by atoms with van der Waals surface area (Å²) in [6.07, 6.45) is 4.57. The summed E-state index contributed by atoms with van der Waals surface area (Å²) in [4.78, 5) is 27.3. The third kappa shape index (κ3) is 3.45. The SMILES string of the molecule is COc1cccc([C@@H]2CCCCN2C(=O)c2cn(C)c(C)cc2=O)c1. The number of piperidine rings is 1. The first kappa shape index (κ1) is 17.3. The Morgan fingerprint density at radius 1 is 1.24 bits per heavy atom. The predicted octanol–water partition coefficient (Wildman–Crippen LogP) is 3.07. The number of hydrogen-bond acceptors (Lipinski definition) is 3. The minimum atomic E-state index is -0.212. The Morgan fingerprint density at radius 2 is 2.04 bits per heavy atom. The van der Waals surface area contributed by atoms with Crippen LogP contribution in [0, 0.1) is 6.92 Å². The van der Waals surface area contributed by atoms with Crippen LogP contribution >= 0.6 is 0 Å². The van der Waals surface area contributed by atoms with Crippen LogP contribution < -0.4 is 10.2 Å². The van der Waals surface area contributed by atoms with Crippen LogP contribution in [0.5, 0.6) is 5.75 Å². The van der Waals surface area contributed by atoms with Crippen LogP contribution in [0.15, 0.2) is 41.3 Å². The number of likely N-dealkylation sites (tertiary alicyclic amines) is 1. The number of methoxy groups -OCH3 is 1. The van der Waals surface area contributed by atoms with E-state index in [4.69, 9.17) is 4.74 Å². The highest BCUT2D eigenvalue weighted by atomic mass is 16.5. The second kappa shape index (κ2) is 7.13. The second-order valence-corrected chi connectivity index (χ2v) is 6.59. The fourth-order valence-electron chi connectivity index (χ4n) is 3.41. The number of hydrogen-bond donors (Lipinski definition) is 0. The maximum Gasteiger partial charge on any atom is 0.259 e. The van der Waals surface area contributed by atoms with Gasteiger partial charge in [-0.15, -0.1) is 0 Å². The molecule has 1 fully saturated rings. The van der Waals surface area contributed by atoms with Crippen molar-refractivity contribution in [1.29, 1.82) is 0 Å². The molecular weight excluding hydrogens is 316 g/mol. The number of carbonyl (C=O) groups excluding carboxylic acids is 1. The molecule has 2 aromatic rings. The Labute approximate surface area is 147 Å². The van der Waals surface area contributed by atoms with E-state index in [0.29, 0.717) is 6.54 Å². The van der Waals surface area contributed by atoms with E-state index >= 15 is 0 Å². The number of benzene rings is 1. The average Bonchev–Trinajstić information content (AvgIpc) is 2.64. The van der Waals surface area contributed by atoms with Crippen molar-refractivity contribution in [3.63, 3.8) is 0 Å². The molecule has 1 aliphatic rings. The number of ether oxygens (including phenoxy) is 1. The summed E-state index contributed by atoms with van der Waals surface area (Å²) in [5.41, 5.74) is 1.92. The van der Waals surface area contributed by atoms with Crippen molar-refractivity contribution in [3.8, 4) is 5.75 Å². The highest BCUT2D eigenvalue weighted by molar-refractivity contribution is 5.94. The van der Waals surface area contributed by atoms with E-state index in [1.54, 1.807) is 13.3 Å². The number of aryl methyl sites for hydroxylation is 2. The topological polar surface area (TPSA) is 51.5 Å². The molecule has 1 aromatic carbocycles. The molecule has 25 heavy (non-hydrogen) atoms. The van der Waals surface area contributed by atoms with E-state index < -0.39 is 0 Å². The Kier molecular flexibility index (Phi) is 4.93. The van der Waals surface area contributed by atoms with Gasteiger partial charge >= 0.3 is 0 Å². The van der Waals surface area contributed by atoms with Crippen molar-refractivity contribution in [3.05, 3.63) is 63.6 Å². The molecule has 5 nitrogen and oxygen atoms in total. The third-order valence-electron chi connectivity index (χ3n) is 4.96. The summed E-state index contributed by atoms with van der Waals surface area (Å²) < 4.78 is 7.14. The summed E-state index contributed by atoms with van der Waals surface area (Å²) in [7, 11) is 3.49. The summed E-state index contributed by atoms with van der Waals surface area (Å²) in [6, 6.07) is 9.33. The van der Waals surface area contributed by atoms with Gasteiger partial charge in [-0.05, 0) is 43.9 Å². The van der Waals surface area contributed by atoms with Crippen LogP contribution in [0.3, 0.4) is 0 Å². The van der Waals surface area contributed by atoms with Gasteiger partial charge in [0, 0.05) is 31.5 Å². The van der Waals surface area contributed by atoms with Gasteiger partial charge in [-0.2, -0.15) is 0 Å². The Balaban J connectivity index is 1.97. The van der Waals surface area contributed by atoms with Gasteiger partial charge in [-0.3, -0.25) is 9.59 Å². The van der Waals surface area contributed by atoms with Crippen LogP contribution in [-0.2, 0) is 7.05 Å². The summed E-state index contributed by atoms with van der Waals surface area (Å²) in [6.45, 7) is 2.52. The van der Waals surface area contributed by atoms with E-state index in [9.17, 15) is 9.59 Å². The fraction of sp³-hybridized carbons (Fsp3) is 0.400. The molecule has 0 spiro atoms. The highest BCUT2D eigenvalue weighted by Crippen LogP contribution is 2.33. The molecule has 1 aromatic heterocycles. The van der Waals surface area contributed by atoms with Crippen LogP contribution in [0.1, 0.15) is 46.9 Å². The molecule has 0 saturated carbocycles. The molecule has 1 aliphatic heterocycles. The lowest BCUT2D eigenvalue weighted by Crippen LogP contribution is -2.40. The van der Waals surface area contributed by atoms with Crippen molar-refractivity contribution in [1.82, 2.24) is 9.47 Å². The lowest BCUT2D eigenvalue weighted by atomic mass is 9.94. The van der Waals surface area contributed by atoms with Crippen LogP contribution in [0.4, 0.5) is 0 Å². The van der Waals surface area contributed by atoms with Crippen LogP contribution in [0.2, 0.25) is 0 Å². The summed E-state index contributed by atoms with van der Waals surface area (Å²) in [5, 5.41) is 0. The minimum Gasteiger partial charge on any atom is -0.497 e. The second-order valence-electron chi connectivity index (χ2n) is 6.59. The maximum atomic E-state index is 13.1. The van der Waals surface area contributed by atoms with E-state index in [0.717, 1.165) is 36.3 Å². The zero-order valence-electron chi connectivity index (χ0n) is 15.0. The van der Waals surface area contributed by atoms with Crippen molar-refractivity contribution < 1.29 is 9.53 Å². The van der Waals surface area contributed by atoms with Crippen LogP contribution in [0.25, 0.3) is 0 Å². The van der Waals surface area contributed by atoms with Gasteiger partial charge in [0.05, 0.1) is 13.2 Å². The van der Waals surface area contributed by atoms with Gasteiger partial charge in [0.15, 0.2) is 5.43 Å². The third-order valence-corrected chi connectivity index (χ3v) is 4.96. The molecule has 0 unspecified atom stereocenters. The number of rotatable bonds is 3. The van der Waals surface area contributed by atoms with Crippen molar-refractivity contribution in [2.24, 2.45) is 7.05 Å². The Morgan fingerprint density at radius 3 is 2.80 bits per heavy atom. The number of aromatic nitrogens is 1. The van der Waals surface area contributed by atoms with Crippen molar-refractivity contribution >= 4 is 5.91 Å². The van der Waals surface area contributed by atoms with Gasteiger partial charge in [0.2, 0.25) is 0 Å². The zero-order valence-corrected chi connectivity index (χ0v) is 15.0. The molecule has 132 valence electrons. The molecule has 0 N–H and O–H groups in total. The number of amides is 1. The summed E-state index contributed by atoms with van der Waals surface area (Å²) >= 11 is 0. The number of carbonyl (C=O) groups is 1. The Hall–Kier alpha value is -2.56. The van der Waals surface area contributed by atoms with E-state index in [1.165, 1.54) is 6.07 Å². The van der Waals surface area contributed by atoms with Crippen molar-refractivity contribution in [2.45, 2.75) is 32.2 Å². The monoisotopic (exact) mass is 340 g/mol. The van der Waals surface area contributed by atoms with Gasteiger partial charge in [-0.1, -0.05) is 12.1 Å². The molecule has 0 aliphatic carbocycles. The first-order chi connectivity index (χ1) is 12.0. The molecule has 1 atom stereocenters. The lowest BCUT2D eigenvalue weighted by Gasteiger charge is -2.36. The summed E-state index contributed by atoms with van der Waals surface area (Å²) in [5.74, 6) is 0.592. The normalized spacial score (nSPS) is 17.4. The largest absolute Gasteiger partial charge is 0.497 e. The van der Waals surface area contributed by atoms with Gasteiger partial charge in [0.25, 0.3) is 5.91 Å². The van der Waals surface area contributed by atoms with E-state index in [2.05, 4.69) is 0 Å². The lowest BCUT2D eigenvalue weighted by molar-refractivity contribution is 0.0609. The Bertz CT molecular complexity index is 841. The molecule has 0 radical (unpaired) electrons. The zero-order chi connectivity index (χ0) is 18.0. The first-order valence-corrected chi connectivity index (χ1v) is 8.63. The molecule has 3 rings (SSSR count). The first-order valence-electron chi connectivity index (χ1n) is 8.63. The van der Waals surface area contributed by atoms with E-state index in [-0.39, 0.29) is 22.9 Å². The molecular formula is C20H24N2O3. The molecule has 1 saturated heterocycles. The quantitative estimate of drug-likeness (QED) is 0.863.